The van der Waals surface area contributed by atoms with E-state index in [1.54, 1.807) is 0 Å². The Balaban J connectivity index is 2.75. The molecule has 1 N–H and O–H groups in total. The molecule has 0 fully saturated rings. The van der Waals surface area contributed by atoms with Crippen molar-refractivity contribution in [1.82, 2.24) is 5.32 Å². The highest BCUT2D eigenvalue weighted by atomic mass is 19.1. The zero-order chi connectivity index (χ0) is 14.4. The van der Waals surface area contributed by atoms with Crippen LogP contribution in [-0.2, 0) is 9.53 Å². The van der Waals surface area contributed by atoms with Gasteiger partial charge in [0.15, 0.2) is 0 Å². The number of ether oxygens (including phenoxy) is 1. The topological polar surface area (TPSA) is 55.4 Å². The summed E-state index contributed by atoms with van der Waals surface area (Å²) in [4.78, 5) is 23.5. The number of esters is 1. The molecular weight excluding hydrogens is 249 g/mol. The number of hydrogen-bond acceptors (Lipinski definition) is 3. The predicted octanol–water partition coefficient (Wildman–Crippen LogP) is 2.14. The van der Waals surface area contributed by atoms with Gasteiger partial charge in [-0.05, 0) is 36.6 Å². The van der Waals surface area contributed by atoms with Crippen LogP contribution in [0.1, 0.15) is 30.6 Å². The molecule has 19 heavy (non-hydrogen) atoms. The van der Waals surface area contributed by atoms with E-state index in [1.165, 1.54) is 31.4 Å². The molecule has 0 aromatic heterocycles. The second kappa shape index (κ2) is 6.87. The van der Waals surface area contributed by atoms with Crippen LogP contribution in [0.4, 0.5) is 4.39 Å². The number of hydrogen-bond donors (Lipinski definition) is 1. The Hall–Kier alpha value is -1.91. The summed E-state index contributed by atoms with van der Waals surface area (Å²) in [5.74, 6) is -1.08. The number of nitrogens with one attached hydrogen (secondary N) is 1. The molecule has 1 aromatic rings. The van der Waals surface area contributed by atoms with Crippen LogP contribution < -0.4 is 5.32 Å². The van der Waals surface area contributed by atoms with Crippen LogP contribution in [0, 0.1) is 11.7 Å². The normalized spacial score (nSPS) is 12.1. The maximum absolute atomic E-state index is 12.8. The summed E-state index contributed by atoms with van der Waals surface area (Å²) in [5, 5.41) is 2.60. The van der Waals surface area contributed by atoms with Gasteiger partial charge in [0.25, 0.3) is 5.91 Å². The molecule has 0 spiro atoms. The second-order valence-electron chi connectivity index (χ2n) is 4.69. The minimum atomic E-state index is -0.692. The highest BCUT2D eigenvalue weighted by molar-refractivity contribution is 5.96. The van der Waals surface area contributed by atoms with Crippen molar-refractivity contribution in [3.8, 4) is 0 Å². The molecule has 1 rings (SSSR count). The van der Waals surface area contributed by atoms with Crippen molar-refractivity contribution in [3.05, 3.63) is 35.6 Å². The van der Waals surface area contributed by atoms with Crippen molar-refractivity contribution in [2.45, 2.75) is 26.3 Å². The van der Waals surface area contributed by atoms with Gasteiger partial charge < -0.3 is 10.1 Å². The van der Waals surface area contributed by atoms with E-state index in [-0.39, 0.29) is 5.92 Å². The summed E-state index contributed by atoms with van der Waals surface area (Å²) in [5.41, 5.74) is 0.305. The maximum atomic E-state index is 12.8. The molecule has 0 aliphatic rings. The first-order chi connectivity index (χ1) is 8.93. The fourth-order valence-electron chi connectivity index (χ4n) is 1.67. The van der Waals surface area contributed by atoms with Crippen LogP contribution in [0.15, 0.2) is 24.3 Å². The van der Waals surface area contributed by atoms with E-state index in [1.807, 2.05) is 13.8 Å². The molecule has 0 saturated heterocycles. The number of carbonyl (C=O) groups is 2. The fourth-order valence-corrected chi connectivity index (χ4v) is 1.67. The van der Waals surface area contributed by atoms with Crippen LogP contribution >= 0.6 is 0 Å². The first kappa shape index (κ1) is 15.1. The summed E-state index contributed by atoms with van der Waals surface area (Å²) < 4.78 is 17.4. The van der Waals surface area contributed by atoms with Crippen molar-refractivity contribution < 1.29 is 18.7 Å². The number of carbonyl (C=O) groups excluding carboxylic acids is 2. The molecule has 0 aliphatic heterocycles. The smallest absolute Gasteiger partial charge is 0.328 e. The summed E-state index contributed by atoms with van der Waals surface area (Å²) in [6.07, 6.45) is 0.486. The Kier molecular flexibility index (Phi) is 5.48. The summed E-state index contributed by atoms with van der Waals surface area (Å²) >= 11 is 0. The Bertz CT molecular complexity index is 443. The fraction of sp³-hybridized carbons (Fsp3) is 0.429. The third kappa shape index (κ3) is 4.69. The minimum absolute atomic E-state index is 0.234. The Morgan fingerprint density at radius 3 is 2.32 bits per heavy atom. The van der Waals surface area contributed by atoms with Gasteiger partial charge in [-0.3, -0.25) is 4.79 Å². The van der Waals surface area contributed by atoms with Gasteiger partial charge in [0, 0.05) is 5.56 Å². The largest absolute Gasteiger partial charge is 0.467 e. The Morgan fingerprint density at radius 1 is 1.26 bits per heavy atom. The van der Waals surface area contributed by atoms with Crippen LogP contribution in [-0.4, -0.2) is 25.0 Å². The SMILES string of the molecule is COC(=O)[C@@H](CC(C)C)NC(=O)c1ccc(F)cc1. The number of methoxy groups -OCH3 is 1. The van der Waals surface area contributed by atoms with E-state index < -0.39 is 23.7 Å². The van der Waals surface area contributed by atoms with Crippen molar-refractivity contribution in [2.75, 3.05) is 7.11 Å². The van der Waals surface area contributed by atoms with Gasteiger partial charge in [0.1, 0.15) is 11.9 Å². The zero-order valence-electron chi connectivity index (χ0n) is 11.3. The molecule has 0 radical (unpaired) electrons. The number of benzene rings is 1. The molecule has 5 heteroatoms. The van der Waals surface area contributed by atoms with Crippen LogP contribution in [0.25, 0.3) is 0 Å². The first-order valence-electron chi connectivity index (χ1n) is 6.08. The maximum Gasteiger partial charge on any atom is 0.328 e. The van der Waals surface area contributed by atoms with Gasteiger partial charge in [-0.1, -0.05) is 13.8 Å². The van der Waals surface area contributed by atoms with Crippen molar-refractivity contribution in [1.29, 1.82) is 0 Å². The van der Waals surface area contributed by atoms with Gasteiger partial charge >= 0.3 is 5.97 Å². The van der Waals surface area contributed by atoms with Crippen molar-refractivity contribution in [2.24, 2.45) is 5.92 Å². The van der Waals surface area contributed by atoms with E-state index in [4.69, 9.17) is 0 Å². The average Bonchev–Trinajstić information content (AvgIpc) is 2.37. The monoisotopic (exact) mass is 267 g/mol. The predicted molar refractivity (Wildman–Crippen MR) is 69.1 cm³/mol. The lowest BCUT2D eigenvalue weighted by Gasteiger charge is -2.18. The van der Waals surface area contributed by atoms with E-state index in [0.717, 1.165) is 0 Å². The molecule has 104 valence electrons. The minimum Gasteiger partial charge on any atom is -0.467 e. The highest BCUT2D eigenvalue weighted by Gasteiger charge is 2.23. The average molecular weight is 267 g/mol. The molecule has 0 heterocycles. The number of rotatable bonds is 5. The third-order valence-electron chi connectivity index (χ3n) is 2.60. The molecule has 0 aliphatic carbocycles. The quantitative estimate of drug-likeness (QED) is 0.832. The van der Waals surface area contributed by atoms with E-state index in [9.17, 15) is 14.0 Å². The number of halogens is 1. The number of amides is 1. The zero-order valence-corrected chi connectivity index (χ0v) is 11.3. The van der Waals surface area contributed by atoms with Crippen molar-refractivity contribution >= 4 is 11.9 Å². The highest BCUT2D eigenvalue weighted by Crippen LogP contribution is 2.08. The van der Waals surface area contributed by atoms with Gasteiger partial charge in [-0.15, -0.1) is 0 Å². The molecule has 1 atom stereocenters. The lowest BCUT2D eigenvalue weighted by atomic mass is 10.0. The van der Waals surface area contributed by atoms with Crippen LogP contribution in [0.5, 0.6) is 0 Å². The van der Waals surface area contributed by atoms with Crippen LogP contribution in [0.3, 0.4) is 0 Å². The van der Waals surface area contributed by atoms with Gasteiger partial charge in [-0.25, -0.2) is 9.18 Å². The Labute approximate surface area is 112 Å². The van der Waals surface area contributed by atoms with Gasteiger partial charge in [0.2, 0.25) is 0 Å². The van der Waals surface area contributed by atoms with E-state index >= 15 is 0 Å². The first-order valence-corrected chi connectivity index (χ1v) is 6.08. The Morgan fingerprint density at radius 2 is 1.84 bits per heavy atom. The molecule has 0 saturated carbocycles. The van der Waals surface area contributed by atoms with Crippen LogP contribution in [0.2, 0.25) is 0 Å². The lowest BCUT2D eigenvalue weighted by molar-refractivity contribution is -0.143. The van der Waals surface area contributed by atoms with E-state index in [2.05, 4.69) is 10.1 Å². The summed E-state index contributed by atoms with van der Waals surface area (Å²) in [6.45, 7) is 3.89. The molecule has 0 unspecified atom stereocenters. The standard InChI is InChI=1S/C14H18FNO3/c1-9(2)8-12(14(18)19-3)16-13(17)10-4-6-11(15)7-5-10/h4-7,9,12H,8H2,1-3H3,(H,16,17)/t12-/m1/s1. The summed E-state index contributed by atoms with van der Waals surface area (Å²) in [6, 6.07) is 4.44. The molecule has 1 amide bonds. The molecule has 4 nitrogen and oxygen atoms in total. The molecule has 0 bridgehead atoms. The van der Waals surface area contributed by atoms with E-state index in [0.29, 0.717) is 12.0 Å². The lowest BCUT2D eigenvalue weighted by Crippen LogP contribution is -2.42. The van der Waals surface area contributed by atoms with Gasteiger partial charge in [0.05, 0.1) is 7.11 Å². The molecule has 1 aromatic carbocycles. The summed E-state index contributed by atoms with van der Waals surface area (Å²) in [7, 11) is 1.28. The van der Waals surface area contributed by atoms with Gasteiger partial charge in [-0.2, -0.15) is 0 Å². The second-order valence-corrected chi connectivity index (χ2v) is 4.69. The third-order valence-corrected chi connectivity index (χ3v) is 2.60. The van der Waals surface area contributed by atoms with Crippen molar-refractivity contribution in [3.63, 3.8) is 0 Å². The molecular formula is C14H18FNO3.